The summed E-state index contributed by atoms with van der Waals surface area (Å²) >= 11 is 6.02. The van der Waals surface area contributed by atoms with Crippen LogP contribution in [0.15, 0.2) is 12.1 Å². The van der Waals surface area contributed by atoms with Crippen LogP contribution in [-0.4, -0.2) is 6.04 Å². The third-order valence-electron chi connectivity index (χ3n) is 3.59. The number of nitrogens with one attached hydrogen (secondary N) is 1. The predicted molar refractivity (Wildman–Crippen MR) is 70.0 cm³/mol. The minimum absolute atomic E-state index is 0.648. The normalized spacial score (nSPS) is 17.5. The van der Waals surface area contributed by atoms with Crippen LogP contribution in [0.3, 0.4) is 0 Å². The maximum absolute atomic E-state index is 6.02. The molecule has 1 atom stereocenters. The smallest absolute Gasteiger partial charge is 0.0411 e. The lowest BCUT2D eigenvalue weighted by Crippen LogP contribution is -2.27. The van der Waals surface area contributed by atoms with Crippen LogP contribution in [0.2, 0.25) is 5.02 Å². The summed E-state index contributed by atoms with van der Waals surface area (Å²) in [4.78, 5) is 0. The van der Waals surface area contributed by atoms with Crippen molar-refractivity contribution in [2.45, 2.75) is 46.2 Å². The molecule has 1 nitrogen and oxygen atoms in total. The molecule has 1 aliphatic carbocycles. The predicted octanol–water partition coefficient (Wildman–Crippen LogP) is 3.84. The molecule has 1 aromatic carbocycles. The van der Waals surface area contributed by atoms with Gasteiger partial charge in [0, 0.05) is 17.6 Å². The van der Waals surface area contributed by atoms with Crippen LogP contribution in [0.25, 0.3) is 0 Å². The van der Waals surface area contributed by atoms with Gasteiger partial charge in [-0.3, -0.25) is 0 Å². The Balaban J connectivity index is 2.02. The number of hydrogen-bond acceptors (Lipinski definition) is 1. The molecule has 2 heteroatoms. The molecule has 0 aliphatic heterocycles. The van der Waals surface area contributed by atoms with Gasteiger partial charge in [-0.05, 0) is 68.4 Å². The Morgan fingerprint density at radius 3 is 2.38 bits per heavy atom. The van der Waals surface area contributed by atoms with E-state index < -0.39 is 0 Å². The quantitative estimate of drug-likeness (QED) is 0.839. The fourth-order valence-corrected chi connectivity index (χ4v) is 2.57. The van der Waals surface area contributed by atoms with Crippen molar-refractivity contribution >= 4 is 11.6 Å². The van der Waals surface area contributed by atoms with E-state index in [-0.39, 0.29) is 0 Å². The van der Waals surface area contributed by atoms with Crippen molar-refractivity contribution in [3.8, 4) is 0 Å². The summed E-state index contributed by atoms with van der Waals surface area (Å²) in [5, 5.41) is 4.46. The monoisotopic (exact) mass is 237 g/mol. The summed E-state index contributed by atoms with van der Waals surface area (Å²) in [6.07, 6.45) is 2.79. The summed E-state index contributed by atoms with van der Waals surface area (Å²) in [6.45, 7) is 7.53. The van der Waals surface area contributed by atoms with E-state index in [1.807, 2.05) is 12.1 Å². The summed E-state index contributed by atoms with van der Waals surface area (Å²) in [7, 11) is 0. The van der Waals surface area contributed by atoms with E-state index >= 15 is 0 Å². The molecular weight excluding hydrogens is 218 g/mol. The van der Waals surface area contributed by atoms with Crippen molar-refractivity contribution in [3.05, 3.63) is 33.8 Å². The standard InChI is InChI=1S/C14H20ClN/c1-9-6-13(15)7-10(2)14(9)8-16-11(3)12-4-5-12/h6-7,11-12,16H,4-5,8H2,1-3H3. The van der Waals surface area contributed by atoms with Crippen molar-refractivity contribution in [2.24, 2.45) is 5.92 Å². The summed E-state index contributed by atoms with van der Waals surface area (Å²) in [5.41, 5.74) is 3.98. The minimum Gasteiger partial charge on any atom is -0.310 e. The minimum atomic E-state index is 0.648. The molecule has 0 amide bonds. The summed E-state index contributed by atoms with van der Waals surface area (Å²) < 4.78 is 0. The number of benzene rings is 1. The molecule has 0 spiro atoms. The molecule has 16 heavy (non-hydrogen) atoms. The van der Waals surface area contributed by atoms with Gasteiger partial charge in [0.1, 0.15) is 0 Å². The second-order valence-corrected chi connectivity index (χ2v) is 5.46. The van der Waals surface area contributed by atoms with Gasteiger partial charge in [0.25, 0.3) is 0 Å². The highest BCUT2D eigenvalue weighted by atomic mass is 35.5. The Bertz CT molecular complexity index is 359. The number of hydrogen-bond donors (Lipinski definition) is 1. The summed E-state index contributed by atoms with van der Waals surface area (Å²) in [5.74, 6) is 0.910. The summed E-state index contributed by atoms with van der Waals surface area (Å²) in [6, 6.07) is 4.75. The fraction of sp³-hybridized carbons (Fsp3) is 0.571. The average Bonchev–Trinajstić information content (AvgIpc) is 2.98. The number of halogens is 1. The molecule has 0 aromatic heterocycles. The first kappa shape index (κ1) is 11.9. The van der Waals surface area contributed by atoms with E-state index in [0.717, 1.165) is 17.5 Å². The molecule has 0 bridgehead atoms. The van der Waals surface area contributed by atoms with E-state index in [0.29, 0.717) is 6.04 Å². The molecule has 88 valence electrons. The Hall–Kier alpha value is -0.530. The molecule has 1 aromatic rings. The highest BCUT2D eigenvalue weighted by molar-refractivity contribution is 6.30. The van der Waals surface area contributed by atoms with Crippen LogP contribution in [0, 0.1) is 19.8 Å². The van der Waals surface area contributed by atoms with Crippen LogP contribution in [0.4, 0.5) is 0 Å². The van der Waals surface area contributed by atoms with Crippen molar-refractivity contribution < 1.29 is 0 Å². The van der Waals surface area contributed by atoms with E-state index in [2.05, 4.69) is 26.1 Å². The maximum Gasteiger partial charge on any atom is 0.0411 e. The maximum atomic E-state index is 6.02. The zero-order valence-corrected chi connectivity index (χ0v) is 11.1. The van der Waals surface area contributed by atoms with Crippen LogP contribution in [0.1, 0.15) is 36.5 Å². The molecule has 2 rings (SSSR count). The Kier molecular flexibility index (Phi) is 3.56. The van der Waals surface area contributed by atoms with Crippen LogP contribution in [0.5, 0.6) is 0 Å². The lowest BCUT2D eigenvalue weighted by molar-refractivity contribution is 0.495. The lowest BCUT2D eigenvalue weighted by atomic mass is 10.0. The topological polar surface area (TPSA) is 12.0 Å². The van der Waals surface area contributed by atoms with Gasteiger partial charge in [0.05, 0.1) is 0 Å². The van der Waals surface area contributed by atoms with E-state index in [4.69, 9.17) is 11.6 Å². The van der Waals surface area contributed by atoms with E-state index in [9.17, 15) is 0 Å². The Labute approximate surface area is 103 Å². The van der Waals surface area contributed by atoms with Gasteiger partial charge in [-0.2, -0.15) is 0 Å². The second kappa shape index (κ2) is 4.77. The van der Waals surface area contributed by atoms with Gasteiger partial charge in [-0.15, -0.1) is 0 Å². The van der Waals surface area contributed by atoms with Gasteiger partial charge >= 0.3 is 0 Å². The van der Waals surface area contributed by atoms with Crippen LogP contribution < -0.4 is 5.32 Å². The number of rotatable bonds is 4. The molecule has 0 radical (unpaired) electrons. The molecular formula is C14H20ClN. The van der Waals surface area contributed by atoms with Gasteiger partial charge < -0.3 is 5.32 Å². The molecule has 1 fully saturated rings. The zero-order valence-electron chi connectivity index (χ0n) is 10.3. The number of aryl methyl sites for hydroxylation is 2. The zero-order chi connectivity index (χ0) is 11.7. The highest BCUT2D eigenvalue weighted by Gasteiger charge is 2.27. The van der Waals surface area contributed by atoms with Crippen molar-refractivity contribution in [3.63, 3.8) is 0 Å². The molecule has 1 unspecified atom stereocenters. The van der Waals surface area contributed by atoms with Gasteiger partial charge in [0.15, 0.2) is 0 Å². The molecule has 1 aliphatic rings. The van der Waals surface area contributed by atoms with E-state index in [1.54, 1.807) is 0 Å². The molecule has 1 N–H and O–H groups in total. The third kappa shape index (κ3) is 2.78. The Morgan fingerprint density at radius 2 is 1.88 bits per heavy atom. The molecule has 0 saturated heterocycles. The van der Waals surface area contributed by atoms with Crippen LogP contribution in [-0.2, 0) is 6.54 Å². The first-order chi connectivity index (χ1) is 7.58. The van der Waals surface area contributed by atoms with Crippen molar-refractivity contribution in [2.75, 3.05) is 0 Å². The lowest BCUT2D eigenvalue weighted by Gasteiger charge is -2.16. The fourth-order valence-electron chi connectivity index (χ4n) is 2.25. The third-order valence-corrected chi connectivity index (χ3v) is 3.81. The highest BCUT2D eigenvalue weighted by Crippen LogP contribution is 2.32. The van der Waals surface area contributed by atoms with Gasteiger partial charge in [-0.25, -0.2) is 0 Å². The first-order valence-corrected chi connectivity index (χ1v) is 6.44. The molecule has 0 heterocycles. The average molecular weight is 238 g/mol. The van der Waals surface area contributed by atoms with Crippen molar-refractivity contribution in [1.29, 1.82) is 0 Å². The van der Waals surface area contributed by atoms with E-state index in [1.165, 1.54) is 29.5 Å². The first-order valence-electron chi connectivity index (χ1n) is 6.07. The molecule has 1 saturated carbocycles. The van der Waals surface area contributed by atoms with Gasteiger partial charge in [-0.1, -0.05) is 11.6 Å². The van der Waals surface area contributed by atoms with Crippen molar-refractivity contribution in [1.82, 2.24) is 5.32 Å². The van der Waals surface area contributed by atoms with Gasteiger partial charge in [0.2, 0.25) is 0 Å². The second-order valence-electron chi connectivity index (χ2n) is 5.03. The Morgan fingerprint density at radius 1 is 1.31 bits per heavy atom. The van der Waals surface area contributed by atoms with Crippen LogP contribution >= 0.6 is 11.6 Å². The largest absolute Gasteiger partial charge is 0.310 e. The SMILES string of the molecule is Cc1cc(Cl)cc(C)c1CNC(C)C1CC1.